The summed E-state index contributed by atoms with van der Waals surface area (Å²) in [6, 6.07) is 5.60. The van der Waals surface area contributed by atoms with Crippen LogP contribution in [0, 0.1) is 6.92 Å². The van der Waals surface area contributed by atoms with E-state index in [9.17, 15) is 0 Å². The molecule has 2 nitrogen and oxygen atoms in total. The monoisotopic (exact) mass is 208 g/mol. The summed E-state index contributed by atoms with van der Waals surface area (Å²) < 4.78 is 5.38. The van der Waals surface area contributed by atoms with Crippen LogP contribution in [0.1, 0.15) is 25.0 Å². The van der Waals surface area contributed by atoms with Crippen LogP contribution in [0.15, 0.2) is 18.2 Å². The van der Waals surface area contributed by atoms with Crippen LogP contribution in [0.3, 0.4) is 0 Å². The average molecular weight is 208 g/mol. The molecule has 75 valence electrons. The summed E-state index contributed by atoms with van der Waals surface area (Å²) in [4.78, 5) is 0. The summed E-state index contributed by atoms with van der Waals surface area (Å²) >= 11 is 5.10. The largest absolute Gasteiger partial charge is 0.480 e. The van der Waals surface area contributed by atoms with Crippen LogP contribution in [0.4, 0.5) is 5.69 Å². The Labute approximate surface area is 90.1 Å². The van der Waals surface area contributed by atoms with Gasteiger partial charge in [-0.25, -0.2) is 0 Å². The fourth-order valence-electron chi connectivity index (χ4n) is 1.12. The van der Waals surface area contributed by atoms with Crippen LogP contribution in [-0.4, -0.2) is 11.2 Å². The highest BCUT2D eigenvalue weighted by Gasteiger charge is 2.09. The summed E-state index contributed by atoms with van der Waals surface area (Å²) in [6.07, 6.45) is 0.0578. The van der Waals surface area contributed by atoms with Gasteiger partial charge < -0.3 is 4.74 Å². The standard InChI is InChI=1S/C11H14NOS/c1-7(2)13-11(14)9-6-4-5-8(3)10(9)12/h4-7,12H,1-3H3. The molecule has 0 aliphatic heterocycles. The van der Waals surface area contributed by atoms with E-state index in [-0.39, 0.29) is 6.10 Å². The lowest BCUT2D eigenvalue weighted by Gasteiger charge is -2.12. The molecule has 3 heteroatoms. The first-order valence-corrected chi connectivity index (χ1v) is 4.95. The molecule has 0 atom stereocenters. The molecule has 0 aromatic heterocycles. The molecule has 0 unspecified atom stereocenters. The second-order valence-corrected chi connectivity index (χ2v) is 3.82. The molecule has 0 saturated heterocycles. The first-order chi connectivity index (χ1) is 6.52. The second-order valence-electron chi connectivity index (χ2n) is 3.45. The third-order valence-corrected chi connectivity index (χ3v) is 2.15. The number of hydrogen-bond donors (Lipinski definition) is 0. The van der Waals surface area contributed by atoms with Gasteiger partial charge >= 0.3 is 0 Å². The molecular weight excluding hydrogens is 194 g/mol. The maximum atomic E-state index is 7.80. The van der Waals surface area contributed by atoms with E-state index < -0.39 is 0 Å². The van der Waals surface area contributed by atoms with Crippen LogP contribution in [0.25, 0.3) is 0 Å². The summed E-state index contributed by atoms with van der Waals surface area (Å²) in [6.45, 7) is 5.74. The molecule has 1 radical (unpaired) electrons. The number of aryl methyl sites for hydroxylation is 1. The van der Waals surface area contributed by atoms with Crippen LogP contribution in [0.5, 0.6) is 0 Å². The number of hydrogen-bond acceptors (Lipinski definition) is 2. The third-order valence-electron chi connectivity index (χ3n) is 1.84. The van der Waals surface area contributed by atoms with E-state index in [2.05, 4.69) is 0 Å². The highest BCUT2D eigenvalue weighted by atomic mass is 32.1. The van der Waals surface area contributed by atoms with Gasteiger partial charge in [-0.1, -0.05) is 12.1 Å². The zero-order valence-electron chi connectivity index (χ0n) is 8.63. The summed E-state index contributed by atoms with van der Waals surface area (Å²) in [5.41, 5.74) is 9.88. The fourth-order valence-corrected chi connectivity index (χ4v) is 1.48. The minimum absolute atomic E-state index is 0.0578. The van der Waals surface area contributed by atoms with Crippen molar-refractivity contribution in [3.8, 4) is 0 Å². The lowest BCUT2D eigenvalue weighted by Crippen LogP contribution is -2.11. The van der Waals surface area contributed by atoms with Gasteiger partial charge in [-0.05, 0) is 44.6 Å². The van der Waals surface area contributed by atoms with Crippen molar-refractivity contribution in [3.63, 3.8) is 0 Å². The zero-order chi connectivity index (χ0) is 10.7. The Morgan fingerprint density at radius 3 is 2.64 bits per heavy atom. The minimum atomic E-state index is 0.0578. The Bertz CT molecular complexity index is 347. The van der Waals surface area contributed by atoms with E-state index in [1.165, 1.54) is 0 Å². The lowest BCUT2D eigenvalue weighted by atomic mass is 10.1. The van der Waals surface area contributed by atoms with Gasteiger partial charge in [-0.2, -0.15) is 0 Å². The summed E-state index contributed by atoms with van der Waals surface area (Å²) in [7, 11) is 0. The topological polar surface area (TPSA) is 33.0 Å². The maximum absolute atomic E-state index is 7.80. The van der Waals surface area contributed by atoms with Gasteiger partial charge in [-0.3, -0.25) is 5.73 Å². The second kappa shape index (κ2) is 4.42. The van der Waals surface area contributed by atoms with Gasteiger partial charge in [0.2, 0.25) is 0 Å². The third kappa shape index (κ3) is 2.45. The van der Waals surface area contributed by atoms with Crippen molar-refractivity contribution in [1.82, 2.24) is 5.73 Å². The van der Waals surface area contributed by atoms with Gasteiger partial charge in [0.05, 0.1) is 17.4 Å². The molecule has 14 heavy (non-hydrogen) atoms. The predicted molar refractivity (Wildman–Crippen MR) is 61.9 cm³/mol. The number of benzene rings is 1. The number of nitrogens with one attached hydrogen (secondary N) is 1. The molecule has 0 bridgehead atoms. The summed E-state index contributed by atoms with van der Waals surface area (Å²) in [5.74, 6) is 0. The molecular formula is C11H14NOS. The van der Waals surface area contributed by atoms with E-state index in [1.807, 2.05) is 39.0 Å². The Morgan fingerprint density at radius 1 is 1.43 bits per heavy atom. The van der Waals surface area contributed by atoms with Crippen molar-refractivity contribution < 1.29 is 4.74 Å². The number of ether oxygens (including phenoxy) is 1. The molecule has 0 fully saturated rings. The SMILES string of the molecule is Cc1cccc(C(=S)OC(C)C)c1[NH]. The molecule has 1 rings (SSSR count). The lowest BCUT2D eigenvalue weighted by molar-refractivity contribution is 0.236. The molecule has 0 aliphatic carbocycles. The molecule has 1 N–H and O–H groups in total. The van der Waals surface area contributed by atoms with E-state index in [1.54, 1.807) is 0 Å². The first-order valence-electron chi connectivity index (χ1n) is 4.54. The molecule has 1 aromatic carbocycles. The average Bonchev–Trinajstić information content (AvgIpc) is 2.08. The Kier molecular flexibility index (Phi) is 3.47. The predicted octanol–water partition coefficient (Wildman–Crippen LogP) is 3.01. The molecule has 0 saturated carbocycles. The number of rotatable bonds is 2. The fraction of sp³-hybridized carbons (Fsp3) is 0.364. The van der Waals surface area contributed by atoms with Crippen molar-refractivity contribution in [3.05, 3.63) is 29.3 Å². The van der Waals surface area contributed by atoms with Crippen molar-refractivity contribution in [2.45, 2.75) is 26.9 Å². The van der Waals surface area contributed by atoms with Gasteiger partial charge in [-0.15, -0.1) is 0 Å². The maximum Gasteiger partial charge on any atom is 0.193 e. The minimum Gasteiger partial charge on any atom is -0.480 e. The smallest absolute Gasteiger partial charge is 0.193 e. The Balaban J connectivity index is 2.96. The highest BCUT2D eigenvalue weighted by molar-refractivity contribution is 7.80. The van der Waals surface area contributed by atoms with Crippen molar-refractivity contribution in [2.24, 2.45) is 0 Å². The highest BCUT2D eigenvalue weighted by Crippen LogP contribution is 2.20. The van der Waals surface area contributed by atoms with Crippen LogP contribution >= 0.6 is 12.2 Å². The Morgan fingerprint density at radius 2 is 2.07 bits per heavy atom. The first kappa shape index (κ1) is 11.0. The van der Waals surface area contributed by atoms with Gasteiger partial charge in [0.1, 0.15) is 0 Å². The van der Waals surface area contributed by atoms with E-state index in [4.69, 9.17) is 22.7 Å². The van der Waals surface area contributed by atoms with E-state index >= 15 is 0 Å². The van der Waals surface area contributed by atoms with Crippen molar-refractivity contribution in [1.29, 1.82) is 0 Å². The molecule has 0 aliphatic rings. The molecule has 1 aromatic rings. The number of thiocarbonyl (C=S) groups is 1. The Hall–Kier alpha value is -1.09. The quantitative estimate of drug-likeness (QED) is 0.700. The molecule has 0 heterocycles. The van der Waals surface area contributed by atoms with Gasteiger partial charge in [0.25, 0.3) is 0 Å². The van der Waals surface area contributed by atoms with Crippen LogP contribution < -0.4 is 5.73 Å². The van der Waals surface area contributed by atoms with E-state index in [0.717, 1.165) is 5.56 Å². The van der Waals surface area contributed by atoms with Crippen molar-refractivity contribution in [2.75, 3.05) is 0 Å². The molecule has 0 spiro atoms. The van der Waals surface area contributed by atoms with E-state index in [0.29, 0.717) is 16.3 Å². The van der Waals surface area contributed by atoms with Crippen LogP contribution in [-0.2, 0) is 4.74 Å². The van der Waals surface area contributed by atoms with Crippen molar-refractivity contribution >= 4 is 23.0 Å². The zero-order valence-corrected chi connectivity index (χ0v) is 9.44. The van der Waals surface area contributed by atoms with Gasteiger partial charge in [0.15, 0.2) is 5.05 Å². The van der Waals surface area contributed by atoms with Crippen LogP contribution in [0.2, 0.25) is 0 Å². The summed E-state index contributed by atoms with van der Waals surface area (Å²) in [5, 5.41) is 0.411. The van der Waals surface area contributed by atoms with Gasteiger partial charge in [0, 0.05) is 0 Å². The molecule has 0 amide bonds. The normalized spacial score (nSPS) is 10.3.